The molecule has 0 bridgehead atoms. The van der Waals surface area contributed by atoms with E-state index in [2.05, 4.69) is 0 Å². The molecule has 0 saturated heterocycles. The van der Waals surface area contributed by atoms with Gasteiger partial charge in [-0.25, -0.2) is 4.79 Å². The number of nitrogens with zero attached hydrogens (tertiary/aromatic N) is 1. The van der Waals surface area contributed by atoms with Gasteiger partial charge in [-0.3, -0.25) is 10.1 Å². The molecule has 2 aromatic rings. The molecule has 3 atom stereocenters. The number of benzene rings is 2. The van der Waals surface area contributed by atoms with Gasteiger partial charge in [-0.15, -0.1) is 0 Å². The molecule has 0 radical (unpaired) electrons. The summed E-state index contributed by atoms with van der Waals surface area (Å²) < 4.78 is 11.5. The minimum atomic E-state index is -0.533. The van der Waals surface area contributed by atoms with Gasteiger partial charge in [0.25, 0.3) is 5.69 Å². The Balaban J connectivity index is 1.55. The molecule has 0 N–H and O–H groups in total. The van der Waals surface area contributed by atoms with Crippen molar-refractivity contribution in [3.8, 4) is 0 Å². The zero-order valence-electron chi connectivity index (χ0n) is 14.5. The van der Waals surface area contributed by atoms with E-state index in [0.29, 0.717) is 13.0 Å². The molecule has 1 saturated carbocycles. The van der Waals surface area contributed by atoms with Gasteiger partial charge in [0.2, 0.25) is 0 Å². The second-order valence-corrected chi connectivity index (χ2v) is 6.62. The normalized spacial score (nSPS) is 22.1. The van der Waals surface area contributed by atoms with Crippen molar-refractivity contribution in [2.24, 2.45) is 5.92 Å². The number of non-ortho nitro benzene ring substituents is 1. The Labute approximate surface area is 151 Å². The molecule has 0 amide bonds. The molecule has 0 aliphatic heterocycles. The molecule has 26 heavy (non-hydrogen) atoms. The third-order valence-corrected chi connectivity index (χ3v) is 4.64. The lowest BCUT2D eigenvalue weighted by molar-refractivity contribution is -0.384. The topological polar surface area (TPSA) is 78.7 Å². The van der Waals surface area contributed by atoms with Gasteiger partial charge in [0.05, 0.1) is 23.2 Å². The van der Waals surface area contributed by atoms with Crippen molar-refractivity contribution in [2.45, 2.75) is 38.6 Å². The van der Waals surface area contributed by atoms with E-state index in [4.69, 9.17) is 9.47 Å². The summed E-state index contributed by atoms with van der Waals surface area (Å²) in [4.78, 5) is 22.6. The van der Waals surface area contributed by atoms with Crippen LogP contribution < -0.4 is 0 Å². The summed E-state index contributed by atoms with van der Waals surface area (Å²) >= 11 is 0. The molecule has 1 aliphatic carbocycles. The second-order valence-electron chi connectivity index (χ2n) is 6.62. The molecule has 3 rings (SSSR count). The van der Waals surface area contributed by atoms with E-state index in [0.717, 1.165) is 12.0 Å². The van der Waals surface area contributed by atoms with Crippen LogP contribution in [0.3, 0.4) is 0 Å². The maximum absolute atomic E-state index is 12.3. The first kappa shape index (κ1) is 18.1. The van der Waals surface area contributed by atoms with Gasteiger partial charge in [-0.2, -0.15) is 0 Å². The molecule has 0 aromatic heterocycles. The summed E-state index contributed by atoms with van der Waals surface area (Å²) in [5.41, 5.74) is 1.18. The van der Waals surface area contributed by atoms with Crippen LogP contribution in [0.1, 0.15) is 35.7 Å². The van der Waals surface area contributed by atoms with Crippen molar-refractivity contribution in [3.05, 3.63) is 75.8 Å². The van der Waals surface area contributed by atoms with Gasteiger partial charge in [0.15, 0.2) is 0 Å². The highest BCUT2D eigenvalue weighted by Crippen LogP contribution is 2.31. The quantitative estimate of drug-likeness (QED) is 0.442. The number of rotatable bonds is 6. The van der Waals surface area contributed by atoms with Crippen molar-refractivity contribution in [1.82, 2.24) is 0 Å². The Bertz CT molecular complexity index is 777. The summed E-state index contributed by atoms with van der Waals surface area (Å²) in [6, 6.07) is 15.5. The SMILES string of the molecule is CC1CC(OCc2ccccc2)CC1OC(=O)c1cccc([N+](=O)[O-])c1. The number of hydrogen-bond acceptors (Lipinski definition) is 5. The van der Waals surface area contributed by atoms with E-state index >= 15 is 0 Å². The summed E-state index contributed by atoms with van der Waals surface area (Å²) in [7, 11) is 0. The Morgan fingerprint density at radius 2 is 1.92 bits per heavy atom. The Morgan fingerprint density at radius 1 is 1.15 bits per heavy atom. The molecular formula is C20H21NO5. The van der Waals surface area contributed by atoms with Gasteiger partial charge in [0.1, 0.15) is 6.10 Å². The van der Waals surface area contributed by atoms with Crippen molar-refractivity contribution in [2.75, 3.05) is 0 Å². The van der Waals surface area contributed by atoms with Gasteiger partial charge in [0, 0.05) is 18.6 Å². The van der Waals surface area contributed by atoms with Gasteiger partial charge in [-0.1, -0.05) is 43.3 Å². The Morgan fingerprint density at radius 3 is 2.65 bits per heavy atom. The predicted molar refractivity (Wildman–Crippen MR) is 95.7 cm³/mol. The number of carbonyl (C=O) groups excluding carboxylic acids is 1. The summed E-state index contributed by atoms with van der Waals surface area (Å²) in [6.45, 7) is 2.56. The summed E-state index contributed by atoms with van der Waals surface area (Å²) in [5, 5.41) is 10.8. The molecular weight excluding hydrogens is 334 g/mol. The lowest BCUT2D eigenvalue weighted by Gasteiger charge is -2.16. The maximum atomic E-state index is 12.3. The van der Waals surface area contributed by atoms with Crippen LogP contribution in [0.4, 0.5) is 5.69 Å². The maximum Gasteiger partial charge on any atom is 0.338 e. The standard InChI is InChI=1S/C20H21NO5/c1-14-10-18(25-13-15-6-3-2-4-7-15)12-19(14)26-20(22)16-8-5-9-17(11-16)21(23)24/h2-9,11,14,18-19H,10,12-13H2,1H3. The fourth-order valence-corrected chi connectivity index (χ4v) is 3.19. The van der Waals surface area contributed by atoms with Crippen molar-refractivity contribution < 1.29 is 19.2 Å². The highest BCUT2D eigenvalue weighted by atomic mass is 16.6. The van der Waals surface area contributed by atoms with Crippen LogP contribution in [-0.2, 0) is 16.1 Å². The average Bonchev–Trinajstić information content (AvgIpc) is 3.00. The summed E-state index contributed by atoms with van der Waals surface area (Å²) in [5.74, 6) is -0.354. The highest BCUT2D eigenvalue weighted by molar-refractivity contribution is 5.90. The zero-order chi connectivity index (χ0) is 18.5. The third kappa shape index (κ3) is 4.46. The monoisotopic (exact) mass is 355 g/mol. The van der Waals surface area contributed by atoms with Crippen LogP contribution >= 0.6 is 0 Å². The molecule has 1 fully saturated rings. The van der Waals surface area contributed by atoms with E-state index in [1.807, 2.05) is 37.3 Å². The smallest absolute Gasteiger partial charge is 0.338 e. The van der Waals surface area contributed by atoms with Crippen LogP contribution in [-0.4, -0.2) is 23.1 Å². The van der Waals surface area contributed by atoms with Crippen LogP contribution in [0.2, 0.25) is 0 Å². The molecule has 2 aromatic carbocycles. The first-order chi connectivity index (χ1) is 12.5. The second kappa shape index (κ2) is 8.10. The predicted octanol–water partition coefficient (Wildman–Crippen LogP) is 4.14. The van der Waals surface area contributed by atoms with Gasteiger partial charge in [-0.05, 0) is 24.0 Å². The van der Waals surface area contributed by atoms with E-state index in [-0.39, 0.29) is 29.4 Å². The molecule has 136 valence electrons. The van der Waals surface area contributed by atoms with Gasteiger partial charge >= 0.3 is 5.97 Å². The minimum Gasteiger partial charge on any atom is -0.458 e. The number of hydrogen-bond donors (Lipinski definition) is 0. The van der Waals surface area contributed by atoms with Crippen LogP contribution in [0, 0.1) is 16.0 Å². The van der Waals surface area contributed by atoms with E-state index in [1.54, 1.807) is 0 Å². The van der Waals surface area contributed by atoms with E-state index < -0.39 is 10.9 Å². The molecule has 3 unspecified atom stereocenters. The highest BCUT2D eigenvalue weighted by Gasteiger charge is 2.35. The Kier molecular flexibility index (Phi) is 5.63. The third-order valence-electron chi connectivity index (χ3n) is 4.64. The molecule has 6 nitrogen and oxygen atoms in total. The minimum absolute atomic E-state index is 0.0353. The Hall–Kier alpha value is -2.73. The number of carbonyl (C=O) groups is 1. The number of nitro benzene ring substituents is 1. The largest absolute Gasteiger partial charge is 0.458 e. The fraction of sp³-hybridized carbons (Fsp3) is 0.350. The number of ether oxygens (including phenoxy) is 2. The first-order valence-electron chi connectivity index (χ1n) is 8.64. The van der Waals surface area contributed by atoms with Crippen LogP contribution in [0.15, 0.2) is 54.6 Å². The van der Waals surface area contributed by atoms with E-state index in [9.17, 15) is 14.9 Å². The van der Waals surface area contributed by atoms with Crippen molar-refractivity contribution >= 4 is 11.7 Å². The number of nitro groups is 1. The fourth-order valence-electron chi connectivity index (χ4n) is 3.19. The lowest BCUT2D eigenvalue weighted by atomic mass is 10.1. The molecule has 0 heterocycles. The molecule has 0 spiro atoms. The molecule has 1 aliphatic rings. The number of esters is 1. The van der Waals surface area contributed by atoms with Crippen LogP contribution in [0.5, 0.6) is 0 Å². The van der Waals surface area contributed by atoms with Gasteiger partial charge < -0.3 is 9.47 Å². The van der Waals surface area contributed by atoms with Crippen LogP contribution in [0.25, 0.3) is 0 Å². The van der Waals surface area contributed by atoms with Crippen molar-refractivity contribution in [3.63, 3.8) is 0 Å². The average molecular weight is 355 g/mol. The summed E-state index contributed by atoms with van der Waals surface area (Å²) in [6.07, 6.45) is 1.24. The lowest BCUT2D eigenvalue weighted by Crippen LogP contribution is -2.21. The van der Waals surface area contributed by atoms with E-state index in [1.165, 1.54) is 24.3 Å². The van der Waals surface area contributed by atoms with Crippen molar-refractivity contribution in [1.29, 1.82) is 0 Å². The first-order valence-corrected chi connectivity index (χ1v) is 8.64. The molecule has 6 heteroatoms. The zero-order valence-corrected chi connectivity index (χ0v) is 14.5.